The highest BCUT2D eigenvalue weighted by Crippen LogP contribution is 2.40. The second kappa shape index (κ2) is 35.4. The normalized spacial score (nSPS) is 14.7. The van der Waals surface area contributed by atoms with Gasteiger partial charge < -0.3 is 30.2 Å². The molecule has 103 heavy (non-hydrogen) atoms. The molecule has 546 valence electrons. The van der Waals surface area contributed by atoms with E-state index in [9.17, 15) is 39.6 Å². The number of aromatic nitrogens is 3. The first-order valence-corrected chi connectivity index (χ1v) is 41.4. The van der Waals surface area contributed by atoms with Crippen LogP contribution < -0.4 is 30.1 Å². The number of nitrogens with zero attached hydrogens (tertiary/aromatic N) is 3. The molecule has 0 unspecified atom stereocenters. The second-order valence-corrected chi connectivity index (χ2v) is 34.2. The number of carbonyl (C=O) groups is 3. The van der Waals surface area contributed by atoms with Crippen LogP contribution in [-0.2, 0) is 65.1 Å². The van der Waals surface area contributed by atoms with Crippen LogP contribution in [0.15, 0.2) is 142 Å². The number of para-hydroxylation sites is 3. The van der Waals surface area contributed by atoms with Crippen LogP contribution in [0.5, 0.6) is 0 Å². The van der Waals surface area contributed by atoms with E-state index in [4.69, 9.17) is 37.4 Å². The van der Waals surface area contributed by atoms with Gasteiger partial charge in [0.05, 0.1) is 68.6 Å². The highest BCUT2D eigenvalue weighted by Gasteiger charge is 2.28. The van der Waals surface area contributed by atoms with Gasteiger partial charge in [0, 0.05) is 58.9 Å². The Bertz CT molecular complexity index is 4670. The number of halogens is 2. The van der Waals surface area contributed by atoms with Crippen LogP contribution in [0.25, 0.3) is 31.3 Å². The number of sulfonamides is 3. The Morgan fingerprint density at radius 1 is 0.417 bits per heavy atom. The lowest BCUT2D eigenvalue weighted by Gasteiger charge is -2.20. The van der Waals surface area contributed by atoms with E-state index in [1.165, 1.54) is 40.1 Å². The molecular weight excluding hydrogens is 1470 g/mol. The van der Waals surface area contributed by atoms with Crippen LogP contribution in [0.1, 0.15) is 104 Å². The number of thiazole rings is 3. The summed E-state index contributed by atoms with van der Waals surface area (Å²) in [5, 5.41) is 10.7. The number of ether oxygens (including phenoxy) is 3. The number of nitrogens with one attached hydrogen (secondary N) is 6. The minimum absolute atomic E-state index is 0.0205. The molecule has 0 saturated carbocycles. The molecule has 0 atom stereocenters. The minimum Gasteiger partial charge on any atom is -0.381 e. The highest BCUT2D eigenvalue weighted by atomic mass is 35.5. The van der Waals surface area contributed by atoms with Crippen molar-refractivity contribution in [1.82, 2.24) is 15.0 Å². The van der Waals surface area contributed by atoms with E-state index < -0.39 is 30.1 Å². The zero-order valence-electron chi connectivity index (χ0n) is 58.1. The molecule has 3 saturated heterocycles. The smallest absolute Gasteiger partial charge is 0.263 e. The number of rotatable bonds is 22. The largest absolute Gasteiger partial charge is 0.381 e. The first-order valence-electron chi connectivity index (χ1n) is 33.8. The summed E-state index contributed by atoms with van der Waals surface area (Å²) in [7, 11) is -11.6. The maximum atomic E-state index is 13.4. The summed E-state index contributed by atoms with van der Waals surface area (Å²) in [5.74, 6) is 0.782. The monoisotopic (exact) mass is 1550 g/mol. The summed E-state index contributed by atoms with van der Waals surface area (Å²) in [6, 6.07) is 36.7. The predicted octanol–water partition coefficient (Wildman–Crippen LogP) is 16.8. The van der Waals surface area contributed by atoms with E-state index in [0.29, 0.717) is 143 Å². The van der Waals surface area contributed by atoms with Crippen LogP contribution in [-0.4, -0.2) is 97.6 Å². The van der Waals surface area contributed by atoms with Crippen molar-refractivity contribution >= 4 is 137 Å². The number of hydrogen-bond acceptors (Lipinski definition) is 18. The molecule has 29 heteroatoms. The van der Waals surface area contributed by atoms with Gasteiger partial charge in [-0.2, -0.15) is 0 Å². The number of benzene rings is 6. The van der Waals surface area contributed by atoms with Crippen LogP contribution in [0.3, 0.4) is 0 Å². The first kappa shape index (κ1) is 77.9. The number of aryl methyl sites for hydroxylation is 7. The molecule has 3 aliphatic heterocycles. The third-order valence-corrected chi connectivity index (χ3v) is 26.2. The third kappa shape index (κ3) is 21.1. The molecule has 3 aromatic heterocycles. The van der Waals surface area contributed by atoms with Crippen molar-refractivity contribution in [2.24, 2.45) is 17.8 Å². The summed E-state index contributed by atoms with van der Waals surface area (Å²) >= 11 is 16.4. The lowest BCUT2D eigenvalue weighted by molar-refractivity contribution is -0.118. The fourth-order valence-electron chi connectivity index (χ4n) is 11.9. The van der Waals surface area contributed by atoms with E-state index in [2.05, 4.69) is 45.1 Å². The Hall–Kier alpha value is -7.67. The first-order chi connectivity index (χ1) is 49.2. The summed E-state index contributed by atoms with van der Waals surface area (Å²) in [6.45, 7) is 17.1. The quantitative estimate of drug-likeness (QED) is 0.0368. The second-order valence-electron chi connectivity index (χ2n) is 25.5. The molecule has 6 aromatic carbocycles. The molecular formula is C74H83Cl2N9O12S6. The lowest BCUT2D eigenvalue weighted by Crippen LogP contribution is -2.22. The van der Waals surface area contributed by atoms with Gasteiger partial charge in [-0.05, 0) is 192 Å². The maximum Gasteiger partial charge on any atom is 0.263 e. The number of carbonyl (C=O) groups excluding carboxylic acids is 3. The fraction of sp³-hybridized carbons (Fsp3) is 0.351. The van der Waals surface area contributed by atoms with E-state index in [-0.39, 0.29) is 37.4 Å². The molecule has 3 amide bonds. The van der Waals surface area contributed by atoms with Gasteiger partial charge in [0.15, 0.2) is 15.4 Å². The number of hydrogen-bond donors (Lipinski definition) is 6. The molecule has 0 spiro atoms. The molecule has 9 aromatic rings. The summed E-state index contributed by atoms with van der Waals surface area (Å²) in [5.41, 5.74) is 8.66. The van der Waals surface area contributed by atoms with E-state index >= 15 is 0 Å². The summed E-state index contributed by atoms with van der Waals surface area (Å²) in [6.07, 6.45) is 7.25. The van der Waals surface area contributed by atoms with Crippen molar-refractivity contribution in [3.63, 3.8) is 0 Å². The van der Waals surface area contributed by atoms with E-state index in [1.54, 1.807) is 85.8 Å². The lowest BCUT2D eigenvalue weighted by atomic mass is 9.96. The Morgan fingerprint density at radius 3 is 1.17 bits per heavy atom. The van der Waals surface area contributed by atoms with Crippen LogP contribution in [0.2, 0.25) is 10.0 Å². The zero-order valence-corrected chi connectivity index (χ0v) is 64.5. The van der Waals surface area contributed by atoms with Gasteiger partial charge in [0.25, 0.3) is 30.1 Å². The molecule has 0 bridgehead atoms. The van der Waals surface area contributed by atoms with E-state index in [0.717, 1.165) is 86.8 Å². The van der Waals surface area contributed by atoms with Gasteiger partial charge in [0.1, 0.15) is 4.90 Å². The maximum absolute atomic E-state index is 13.4. The third-order valence-electron chi connectivity index (χ3n) is 17.7. The Morgan fingerprint density at radius 2 is 0.757 bits per heavy atom. The van der Waals surface area contributed by atoms with Crippen molar-refractivity contribution in [2.75, 3.05) is 69.8 Å². The van der Waals surface area contributed by atoms with Gasteiger partial charge in [-0.3, -0.25) is 28.5 Å². The number of amides is 3. The molecule has 21 nitrogen and oxygen atoms in total. The van der Waals surface area contributed by atoms with Crippen molar-refractivity contribution in [3.05, 3.63) is 177 Å². The van der Waals surface area contributed by atoms with Crippen LogP contribution in [0, 0.1) is 59.3 Å². The van der Waals surface area contributed by atoms with Gasteiger partial charge in [-0.15, -0.1) is 0 Å². The van der Waals surface area contributed by atoms with Crippen LogP contribution >= 0.6 is 57.2 Å². The SMILES string of the molecule is CCc1ccc(-c2sc(NC(=O)CC3CCOCC3)nc2C)cc1S(=O)(=O)Nc1ccccc1C.Cc1ccc(-c2sc(NC(=O)CC3CCOCC3)nc2C)cc1S(=O)(=O)Nc1ccccc1Cl.Cc1ccccc1NS(=O)(=O)c1cc(-c2sc(NC(=O)CC3CCOCC3)nc2C)ccc1Cl. The molecule has 3 aliphatic rings. The van der Waals surface area contributed by atoms with Gasteiger partial charge in [-0.25, -0.2) is 40.2 Å². The fourth-order valence-corrected chi connectivity index (χ4v) is 19.6. The zero-order chi connectivity index (χ0) is 73.6. The van der Waals surface area contributed by atoms with Crippen molar-refractivity contribution in [2.45, 2.75) is 127 Å². The van der Waals surface area contributed by atoms with E-state index in [1.807, 2.05) is 84.0 Å². The highest BCUT2D eigenvalue weighted by molar-refractivity contribution is 7.93. The Balaban J connectivity index is 0.000000166. The standard InChI is InChI=1S/C26H31N3O4S2.2C24H26ClN3O4S2/c1-4-20-9-10-21(16-23(20)35(31,32)29-22-8-6-5-7-17(22)2)25-18(3)27-26(34-25)28-24(30)15-19-11-13-33-14-12-19;1-15-7-8-18(14-21(15)34(30,31)28-20-6-4-3-5-19(20)25)23-16(2)26-24(33-23)27-22(29)13-17-9-11-32-12-10-17;1-15-5-3-4-6-20(15)28-34(30,31)21-14-18(7-8-19(21)25)23-16(2)26-24(33-23)27-22(29)13-17-9-11-32-12-10-17/h5-10,16,19,29H,4,11-15H2,1-3H3,(H,27,28,30);2*3-8,14,17,28H,9-13H2,1-2H3,(H,26,27,29). The number of anilines is 6. The Labute approximate surface area is 624 Å². The van der Waals surface area contributed by atoms with Gasteiger partial charge in [0.2, 0.25) is 17.7 Å². The summed E-state index contributed by atoms with van der Waals surface area (Å²) in [4.78, 5) is 53.8. The topological polar surface area (TPSA) is 292 Å². The molecule has 12 rings (SSSR count). The molecule has 3 fully saturated rings. The minimum atomic E-state index is -3.92. The van der Waals surface area contributed by atoms with Gasteiger partial charge in [-0.1, -0.05) is 143 Å². The molecule has 6 heterocycles. The molecule has 0 aliphatic carbocycles. The van der Waals surface area contributed by atoms with Crippen molar-refractivity contribution in [3.8, 4) is 31.3 Å². The van der Waals surface area contributed by atoms with Crippen molar-refractivity contribution < 1.29 is 53.8 Å². The molecule has 0 radical (unpaired) electrons. The molecule has 6 N–H and O–H groups in total. The van der Waals surface area contributed by atoms with Gasteiger partial charge >= 0.3 is 0 Å². The van der Waals surface area contributed by atoms with Crippen LogP contribution in [0.4, 0.5) is 32.5 Å². The van der Waals surface area contributed by atoms with Crippen molar-refractivity contribution in [1.29, 1.82) is 0 Å². The summed E-state index contributed by atoms with van der Waals surface area (Å²) < 4.78 is 103. The average molecular weight is 1550 g/mol. The predicted molar refractivity (Wildman–Crippen MR) is 413 cm³/mol. The Kier molecular flexibility index (Phi) is 26.8. The average Bonchev–Trinajstić information content (AvgIpc) is 1.78.